The Morgan fingerprint density at radius 2 is 2.11 bits per heavy atom. The van der Waals surface area contributed by atoms with Crippen molar-refractivity contribution >= 4 is 5.69 Å². The highest BCUT2D eigenvalue weighted by Crippen LogP contribution is 2.08. The zero-order valence-corrected chi connectivity index (χ0v) is 12.1. The molecular weight excluding hydrogens is 240 g/mol. The summed E-state index contributed by atoms with van der Waals surface area (Å²) in [7, 11) is 0. The minimum absolute atomic E-state index is 0.0814. The summed E-state index contributed by atoms with van der Waals surface area (Å²) in [4.78, 5) is 14.1. The number of hydrogen-bond donors (Lipinski definition) is 1. The Balaban J connectivity index is 2.77. The van der Waals surface area contributed by atoms with E-state index in [2.05, 4.69) is 35.7 Å². The lowest BCUT2D eigenvalue weighted by atomic mass is 10.3. The van der Waals surface area contributed by atoms with Crippen LogP contribution in [0.2, 0.25) is 0 Å². The number of anilines is 1. The molecule has 0 aliphatic rings. The number of rotatable bonds is 8. The highest BCUT2D eigenvalue weighted by Gasteiger charge is 2.06. The second-order valence-corrected chi connectivity index (χ2v) is 4.41. The van der Waals surface area contributed by atoms with Crippen LogP contribution in [0.1, 0.15) is 20.8 Å². The van der Waals surface area contributed by atoms with Gasteiger partial charge in [-0.1, -0.05) is 13.5 Å². The molecule has 0 fully saturated rings. The average Bonchev–Trinajstić information content (AvgIpc) is 2.41. The summed E-state index contributed by atoms with van der Waals surface area (Å²) in [5, 5.41) is 7.40. The molecule has 0 aromatic carbocycles. The van der Waals surface area contributed by atoms with Crippen molar-refractivity contribution in [2.45, 2.75) is 27.3 Å². The van der Waals surface area contributed by atoms with Crippen LogP contribution >= 0.6 is 0 Å². The van der Waals surface area contributed by atoms with Gasteiger partial charge in [0.05, 0.1) is 18.4 Å². The molecule has 0 saturated heterocycles. The molecule has 0 unspecified atom stereocenters. The maximum atomic E-state index is 12.0. The smallest absolute Gasteiger partial charge is 0.269 e. The van der Waals surface area contributed by atoms with Crippen molar-refractivity contribution in [3.63, 3.8) is 0 Å². The van der Waals surface area contributed by atoms with Crippen LogP contribution in [0.4, 0.5) is 5.69 Å². The second-order valence-electron chi connectivity index (χ2n) is 4.41. The van der Waals surface area contributed by atoms with Crippen molar-refractivity contribution < 1.29 is 0 Å². The topological polar surface area (TPSA) is 50.2 Å². The number of hydrogen-bond acceptors (Lipinski definition) is 4. The molecule has 0 aliphatic carbocycles. The molecule has 106 valence electrons. The molecule has 5 heteroatoms. The largest absolute Gasteiger partial charge is 0.371 e. The summed E-state index contributed by atoms with van der Waals surface area (Å²) in [5.41, 5.74) is 1.75. The molecule has 1 heterocycles. The van der Waals surface area contributed by atoms with Gasteiger partial charge in [0.25, 0.3) is 5.56 Å². The molecule has 19 heavy (non-hydrogen) atoms. The van der Waals surface area contributed by atoms with Crippen molar-refractivity contribution in [1.82, 2.24) is 15.1 Å². The second kappa shape index (κ2) is 7.74. The summed E-state index contributed by atoms with van der Waals surface area (Å²) in [6, 6.07) is 1.64. The van der Waals surface area contributed by atoms with Gasteiger partial charge in [0.1, 0.15) is 0 Å². The minimum Gasteiger partial charge on any atom is -0.371 e. The zero-order chi connectivity index (χ0) is 14.3. The number of likely N-dealkylation sites (N-methyl/N-ethyl adjacent to an activating group) is 1. The van der Waals surface area contributed by atoms with E-state index in [1.165, 1.54) is 4.68 Å². The summed E-state index contributed by atoms with van der Waals surface area (Å²) in [6.07, 6.45) is 1.74. The van der Waals surface area contributed by atoms with Crippen LogP contribution < -0.4 is 15.8 Å². The van der Waals surface area contributed by atoms with Gasteiger partial charge in [-0.05, 0) is 26.0 Å². The van der Waals surface area contributed by atoms with Crippen LogP contribution in [0.3, 0.4) is 0 Å². The third kappa shape index (κ3) is 4.52. The van der Waals surface area contributed by atoms with Gasteiger partial charge in [-0.3, -0.25) is 4.79 Å². The molecule has 5 nitrogen and oxygen atoms in total. The highest BCUT2D eigenvalue weighted by molar-refractivity contribution is 5.42. The SMILES string of the molecule is C=C(CNCC)Cn1ncc(N(CC)CC)cc1=O. The summed E-state index contributed by atoms with van der Waals surface area (Å²) in [5.74, 6) is 0. The molecule has 0 atom stereocenters. The van der Waals surface area contributed by atoms with E-state index in [0.717, 1.165) is 30.9 Å². The first kappa shape index (κ1) is 15.4. The molecule has 1 rings (SSSR count). The van der Waals surface area contributed by atoms with E-state index in [1.807, 2.05) is 6.92 Å². The van der Waals surface area contributed by atoms with Crippen LogP contribution in [0, 0.1) is 0 Å². The Kier molecular flexibility index (Phi) is 6.29. The minimum atomic E-state index is -0.0814. The molecule has 1 aromatic heterocycles. The quantitative estimate of drug-likeness (QED) is 0.718. The van der Waals surface area contributed by atoms with Crippen LogP contribution in [0.5, 0.6) is 0 Å². The number of aromatic nitrogens is 2. The van der Waals surface area contributed by atoms with Crippen molar-refractivity contribution in [2.24, 2.45) is 0 Å². The lowest BCUT2D eigenvalue weighted by Gasteiger charge is -2.20. The van der Waals surface area contributed by atoms with E-state index in [1.54, 1.807) is 12.3 Å². The fourth-order valence-corrected chi connectivity index (χ4v) is 1.87. The van der Waals surface area contributed by atoms with Gasteiger partial charge in [-0.2, -0.15) is 5.10 Å². The predicted molar refractivity (Wildman–Crippen MR) is 79.7 cm³/mol. The Morgan fingerprint density at radius 3 is 2.63 bits per heavy atom. The average molecular weight is 264 g/mol. The molecule has 0 bridgehead atoms. The zero-order valence-electron chi connectivity index (χ0n) is 12.1. The maximum absolute atomic E-state index is 12.0. The van der Waals surface area contributed by atoms with Crippen LogP contribution in [-0.2, 0) is 6.54 Å². The maximum Gasteiger partial charge on any atom is 0.269 e. The number of nitrogens with one attached hydrogen (secondary N) is 1. The third-order valence-electron chi connectivity index (χ3n) is 2.98. The van der Waals surface area contributed by atoms with Crippen molar-refractivity contribution in [3.8, 4) is 0 Å². The summed E-state index contributed by atoms with van der Waals surface area (Å²) in [6.45, 7) is 13.9. The predicted octanol–water partition coefficient (Wildman–Crippen LogP) is 1.26. The molecule has 0 saturated carbocycles. The van der Waals surface area contributed by atoms with Gasteiger partial charge >= 0.3 is 0 Å². The first-order chi connectivity index (χ1) is 9.12. The van der Waals surface area contributed by atoms with Gasteiger partial charge in [0, 0.05) is 25.7 Å². The van der Waals surface area contributed by atoms with E-state index in [4.69, 9.17) is 0 Å². The number of nitrogens with zero attached hydrogens (tertiary/aromatic N) is 3. The van der Waals surface area contributed by atoms with Crippen LogP contribution in [0.25, 0.3) is 0 Å². The van der Waals surface area contributed by atoms with E-state index in [0.29, 0.717) is 13.1 Å². The van der Waals surface area contributed by atoms with Crippen LogP contribution in [-0.4, -0.2) is 36.0 Å². The fraction of sp³-hybridized carbons (Fsp3) is 0.571. The monoisotopic (exact) mass is 264 g/mol. The van der Waals surface area contributed by atoms with Gasteiger partial charge in [-0.25, -0.2) is 4.68 Å². The summed E-state index contributed by atoms with van der Waals surface area (Å²) < 4.78 is 1.45. The highest BCUT2D eigenvalue weighted by atomic mass is 16.1. The Bertz CT molecular complexity index is 463. The van der Waals surface area contributed by atoms with E-state index in [9.17, 15) is 4.79 Å². The van der Waals surface area contributed by atoms with Gasteiger partial charge < -0.3 is 10.2 Å². The van der Waals surface area contributed by atoms with Gasteiger partial charge in [0.15, 0.2) is 0 Å². The Morgan fingerprint density at radius 1 is 1.42 bits per heavy atom. The van der Waals surface area contributed by atoms with Crippen molar-refractivity contribution in [3.05, 3.63) is 34.8 Å². The first-order valence-corrected chi connectivity index (χ1v) is 6.81. The Labute approximate surface area is 114 Å². The standard InChI is InChI=1S/C14H24N4O/c1-5-15-9-12(4)11-18-14(19)8-13(10-16-18)17(6-2)7-3/h8,10,15H,4-7,9,11H2,1-3H3. The fourth-order valence-electron chi connectivity index (χ4n) is 1.87. The molecule has 0 radical (unpaired) electrons. The normalized spacial score (nSPS) is 10.5. The van der Waals surface area contributed by atoms with Crippen molar-refractivity contribution in [2.75, 3.05) is 31.1 Å². The molecule has 0 spiro atoms. The first-order valence-electron chi connectivity index (χ1n) is 6.81. The Hall–Kier alpha value is -1.62. The molecule has 1 aromatic rings. The lowest BCUT2D eigenvalue weighted by molar-refractivity contribution is 0.608. The molecule has 1 N–H and O–H groups in total. The molecular formula is C14H24N4O. The van der Waals surface area contributed by atoms with Gasteiger partial charge in [-0.15, -0.1) is 0 Å². The van der Waals surface area contributed by atoms with E-state index < -0.39 is 0 Å². The van der Waals surface area contributed by atoms with Crippen molar-refractivity contribution in [1.29, 1.82) is 0 Å². The van der Waals surface area contributed by atoms with Crippen LogP contribution in [0.15, 0.2) is 29.2 Å². The third-order valence-corrected chi connectivity index (χ3v) is 2.98. The molecule has 0 aliphatic heterocycles. The lowest BCUT2D eigenvalue weighted by Crippen LogP contribution is -2.29. The molecule has 0 amide bonds. The summed E-state index contributed by atoms with van der Waals surface area (Å²) >= 11 is 0. The van der Waals surface area contributed by atoms with Gasteiger partial charge in [0.2, 0.25) is 0 Å². The van der Waals surface area contributed by atoms with E-state index in [-0.39, 0.29) is 5.56 Å². The van der Waals surface area contributed by atoms with E-state index >= 15 is 0 Å².